The Morgan fingerprint density at radius 3 is 2.56 bits per heavy atom. The highest BCUT2D eigenvalue weighted by atomic mass is 32.2. The van der Waals surface area contributed by atoms with Crippen LogP contribution in [-0.4, -0.2) is 35.5 Å². The summed E-state index contributed by atoms with van der Waals surface area (Å²) in [5.74, 6) is 0. The van der Waals surface area contributed by atoms with Crippen LogP contribution >= 0.6 is 11.8 Å². The number of aromatic nitrogens is 3. The average molecular weight is 397 g/mol. The van der Waals surface area contributed by atoms with Crippen LogP contribution in [0.1, 0.15) is 5.56 Å². The smallest absolute Gasteiger partial charge is 0.189 e. The Hall–Kier alpha value is -2.14. The van der Waals surface area contributed by atoms with Crippen LogP contribution in [0, 0.1) is 11.3 Å². The van der Waals surface area contributed by atoms with Gasteiger partial charge in [0.1, 0.15) is 18.4 Å². The summed E-state index contributed by atoms with van der Waals surface area (Å²) >= 11 is 1.50. The minimum Gasteiger partial charge on any atom is -0.361 e. The Morgan fingerprint density at radius 2 is 1.93 bits per heavy atom. The van der Waals surface area contributed by atoms with E-state index < -0.39 is 8.07 Å². The van der Waals surface area contributed by atoms with Crippen molar-refractivity contribution in [1.29, 1.82) is 5.26 Å². The second-order valence-corrected chi connectivity index (χ2v) is 14.0. The van der Waals surface area contributed by atoms with Gasteiger partial charge in [-0.2, -0.15) is 5.26 Å². The zero-order valence-electron chi connectivity index (χ0n) is 16.2. The first-order chi connectivity index (χ1) is 12.9. The quantitative estimate of drug-likeness (QED) is 0.243. The molecule has 0 aliphatic rings. The first-order valence-corrected chi connectivity index (χ1v) is 13.8. The minimum absolute atomic E-state index is 0.391. The van der Waals surface area contributed by atoms with Crippen molar-refractivity contribution in [3.8, 4) is 17.3 Å². The molecule has 27 heavy (non-hydrogen) atoms. The summed E-state index contributed by atoms with van der Waals surface area (Å²) in [6, 6.07) is 13.3. The summed E-state index contributed by atoms with van der Waals surface area (Å²) in [6.45, 7) is 8.11. The van der Waals surface area contributed by atoms with E-state index in [1.54, 1.807) is 0 Å². The Morgan fingerprint density at radius 1 is 1.19 bits per heavy atom. The molecule has 0 radical (unpaired) electrons. The second-order valence-electron chi connectivity index (χ2n) is 7.60. The third-order valence-electron chi connectivity index (χ3n) is 4.27. The van der Waals surface area contributed by atoms with Gasteiger partial charge in [0.15, 0.2) is 5.16 Å². The Bertz CT molecular complexity index is 974. The molecule has 0 unspecified atom stereocenters. The molecule has 2 heterocycles. The predicted molar refractivity (Wildman–Crippen MR) is 114 cm³/mol. The molecule has 3 rings (SSSR count). The maximum atomic E-state index is 9.67. The second kappa shape index (κ2) is 8.25. The van der Waals surface area contributed by atoms with Gasteiger partial charge in [0, 0.05) is 26.4 Å². The van der Waals surface area contributed by atoms with Crippen LogP contribution in [0.2, 0.25) is 25.7 Å². The average Bonchev–Trinajstić information content (AvgIpc) is 3.02. The third-order valence-corrected chi connectivity index (χ3v) is 6.52. The molecule has 5 nitrogen and oxygen atoms in total. The fourth-order valence-corrected chi connectivity index (χ4v) is 3.90. The van der Waals surface area contributed by atoms with Crippen molar-refractivity contribution >= 4 is 30.9 Å². The first-order valence-electron chi connectivity index (χ1n) is 8.91. The lowest BCUT2D eigenvalue weighted by atomic mass is 10.1. The fraction of sp³-hybridized carbons (Fsp3) is 0.350. The van der Waals surface area contributed by atoms with Gasteiger partial charge in [-0.15, -0.1) is 0 Å². The zero-order chi connectivity index (χ0) is 19.4. The molecule has 0 bridgehead atoms. The van der Waals surface area contributed by atoms with Gasteiger partial charge in [0.25, 0.3) is 0 Å². The Kier molecular flexibility index (Phi) is 6.00. The van der Waals surface area contributed by atoms with E-state index >= 15 is 0 Å². The lowest BCUT2D eigenvalue weighted by Crippen LogP contribution is -2.22. The van der Waals surface area contributed by atoms with Crippen LogP contribution in [-0.2, 0) is 11.5 Å². The molecule has 7 heteroatoms. The summed E-state index contributed by atoms with van der Waals surface area (Å²) < 4.78 is 7.82. The van der Waals surface area contributed by atoms with E-state index in [0.717, 1.165) is 34.9 Å². The van der Waals surface area contributed by atoms with E-state index in [4.69, 9.17) is 9.72 Å². The van der Waals surface area contributed by atoms with Crippen LogP contribution < -0.4 is 0 Å². The SMILES string of the molecule is CSc1nc(-c2ccccc2)c2c(C#N)cn(COCC[Si](C)(C)C)c2n1. The number of benzene rings is 1. The zero-order valence-corrected chi connectivity index (χ0v) is 18.0. The van der Waals surface area contributed by atoms with Crippen molar-refractivity contribution in [1.82, 2.24) is 14.5 Å². The number of rotatable bonds is 7. The molecule has 140 valence electrons. The van der Waals surface area contributed by atoms with Gasteiger partial charge >= 0.3 is 0 Å². The molecule has 2 aromatic heterocycles. The van der Waals surface area contributed by atoms with E-state index in [-0.39, 0.29) is 0 Å². The minimum atomic E-state index is -1.13. The molecule has 0 saturated carbocycles. The largest absolute Gasteiger partial charge is 0.361 e. The predicted octanol–water partition coefficient (Wildman–Crippen LogP) is 5.00. The lowest BCUT2D eigenvalue weighted by Gasteiger charge is -2.15. The fourth-order valence-electron chi connectivity index (χ4n) is 2.79. The van der Waals surface area contributed by atoms with Gasteiger partial charge in [-0.3, -0.25) is 0 Å². The molecule has 0 amide bonds. The topological polar surface area (TPSA) is 63.7 Å². The first kappa shape index (κ1) is 19.6. The van der Waals surface area contributed by atoms with Gasteiger partial charge in [0.2, 0.25) is 0 Å². The van der Waals surface area contributed by atoms with E-state index in [1.165, 1.54) is 11.8 Å². The molecular formula is C20H24N4OSSi. The summed E-state index contributed by atoms with van der Waals surface area (Å²) in [5, 5.41) is 11.1. The number of nitrogens with zero attached hydrogens (tertiary/aromatic N) is 4. The lowest BCUT2D eigenvalue weighted by molar-refractivity contribution is 0.0898. The molecule has 0 fully saturated rings. The Balaban J connectivity index is 2.03. The van der Waals surface area contributed by atoms with E-state index in [1.807, 2.05) is 47.4 Å². The number of fused-ring (bicyclic) bond motifs is 1. The van der Waals surface area contributed by atoms with E-state index in [0.29, 0.717) is 17.5 Å². The van der Waals surface area contributed by atoms with Gasteiger partial charge in [-0.25, -0.2) is 9.97 Å². The van der Waals surface area contributed by atoms with Crippen LogP contribution in [0.15, 0.2) is 41.7 Å². The molecule has 1 aromatic carbocycles. The number of thioether (sulfide) groups is 1. The van der Waals surface area contributed by atoms with Crippen LogP contribution in [0.3, 0.4) is 0 Å². The van der Waals surface area contributed by atoms with Crippen LogP contribution in [0.25, 0.3) is 22.3 Å². The van der Waals surface area contributed by atoms with Gasteiger partial charge in [-0.05, 0) is 12.3 Å². The van der Waals surface area contributed by atoms with Gasteiger partial charge in [-0.1, -0.05) is 61.7 Å². The third kappa shape index (κ3) is 4.59. The van der Waals surface area contributed by atoms with Crippen molar-refractivity contribution in [2.24, 2.45) is 0 Å². The maximum Gasteiger partial charge on any atom is 0.189 e. The molecule has 3 aromatic rings. The van der Waals surface area contributed by atoms with Crippen LogP contribution in [0.4, 0.5) is 0 Å². The molecule has 0 atom stereocenters. The summed E-state index contributed by atoms with van der Waals surface area (Å²) in [5.41, 5.74) is 3.10. The van der Waals surface area contributed by atoms with E-state index in [9.17, 15) is 5.26 Å². The standard InChI is InChI=1S/C20H24N4OSSi/c1-26-20-22-18(15-8-6-5-7-9-15)17-16(12-21)13-24(19(17)23-20)14-25-10-11-27(2,3)4/h5-9,13H,10-11,14H2,1-4H3. The van der Waals surface area contributed by atoms with Crippen molar-refractivity contribution in [3.63, 3.8) is 0 Å². The number of hydrogen-bond acceptors (Lipinski definition) is 5. The Labute approximate surface area is 165 Å². The monoisotopic (exact) mass is 396 g/mol. The summed E-state index contributed by atoms with van der Waals surface area (Å²) in [4.78, 5) is 9.36. The van der Waals surface area contributed by atoms with Crippen molar-refractivity contribution in [2.75, 3.05) is 12.9 Å². The highest BCUT2D eigenvalue weighted by molar-refractivity contribution is 7.98. The van der Waals surface area contributed by atoms with Gasteiger partial charge in [0.05, 0.1) is 16.6 Å². The van der Waals surface area contributed by atoms with Crippen LogP contribution in [0.5, 0.6) is 0 Å². The van der Waals surface area contributed by atoms with E-state index in [2.05, 4.69) is 30.7 Å². The molecular weight excluding hydrogens is 372 g/mol. The van der Waals surface area contributed by atoms with Gasteiger partial charge < -0.3 is 9.30 Å². The van der Waals surface area contributed by atoms with Crippen molar-refractivity contribution in [2.45, 2.75) is 37.6 Å². The van der Waals surface area contributed by atoms with Crippen molar-refractivity contribution < 1.29 is 4.74 Å². The molecule has 0 aliphatic carbocycles. The number of nitriles is 1. The summed E-state index contributed by atoms with van der Waals surface area (Å²) in [6.07, 6.45) is 3.78. The van der Waals surface area contributed by atoms with Crippen molar-refractivity contribution in [3.05, 3.63) is 42.1 Å². The molecule has 0 N–H and O–H groups in total. The molecule has 0 aliphatic heterocycles. The summed E-state index contributed by atoms with van der Waals surface area (Å²) in [7, 11) is -1.13. The molecule has 0 spiro atoms. The molecule has 0 saturated heterocycles. The normalized spacial score (nSPS) is 11.7. The number of ether oxygens (including phenoxy) is 1. The maximum absolute atomic E-state index is 9.67. The number of hydrogen-bond donors (Lipinski definition) is 0. The highest BCUT2D eigenvalue weighted by Gasteiger charge is 2.18. The highest BCUT2D eigenvalue weighted by Crippen LogP contribution is 2.31.